The topological polar surface area (TPSA) is 62.6 Å². The molecular formula is C18H24BClN2O4. The number of carbonyl (C=O) groups excluding carboxylic acids is 1. The van der Waals surface area contributed by atoms with Gasteiger partial charge in [0, 0.05) is 17.0 Å². The van der Waals surface area contributed by atoms with Crippen LogP contribution in [0.1, 0.15) is 48.5 Å². The second-order valence-electron chi connectivity index (χ2n) is 8.55. The fourth-order valence-corrected chi connectivity index (χ4v) is 2.90. The first-order valence-corrected chi connectivity index (χ1v) is 8.94. The van der Waals surface area contributed by atoms with E-state index in [0.717, 1.165) is 5.39 Å². The van der Waals surface area contributed by atoms with Gasteiger partial charge in [-0.1, -0.05) is 11.6 Å². The highest BCUT2D eigenvalue weighted by molar-refractivity contribution is 6.65. The first-order chi connectivity index (χ1) is 11.8. The van der Waals surface area contributed by atoms with Gasteiger partial charge in [-0.2, -0.15) is 0 Å². The quantitative estimate of drug-likeness (QED) is 0.558. The zero-order chi connectivity index (χ0) is 19.5. The Morgan fingerprint density at radius 1 is 1.23 bits per heavy atom. The molecule has 3 rings (SSSR count). The van der Waals surface area contributed by atoms with E-state index in [-0.39, 0.29) is 0 Å². The molecule has 2 aromatic rings. The Kier molecular flexibility index (Phi) is 4.41. The van der Waals surface area contributed by atoms with Crippen molar-refractivity contribution >= 4 is 41.2 Å². The van der Waals surface area contributed by atoms with Crippen LogP contribution in [0.4, 0.5) is 4.79 Å². The molecule has 26 heavy (non-hydrogen) atoms. The standard InChI is InChI=1S/C18H24BClN2O4/c1-16(2,3)24-15(23)22-10-12(11-8-14(20)21-9-13(11)22)19-25-17(4,5)18(6,7)26-19/h8-10H,1-7H3. The molecule has 0 spiro atoms. The molecule has 0 unspecified atom stereocenters. The lowest BCUT2D eigenvalue weighted by atomic mass is 9.79. The van der Waals surface area contributed by atoms with Crippen molar-refractivity contribution in [2.45, 2.75) is 65.3 Å². The van der Waals surface area contributed by atoms with Crippen LogP contribution in [0.3, 0.4) is 0 Å². The smallest absolute Gasteiger partial charge is 0.443 e. The molecule has 140 valence electrons. The summed E-state index contributed by atoms with van der Waals surface area (Å²) in [4.78, 5) is 16.7. The Morgan fingerprint density at radius 3 is 2.35 bits per heavy atom. The lowest BCUT2D eigenvalue weighted by Gasteiger charge is -2.32. The highest BCUT2D eigenvalue weighted by Crippen LogP contribution is 2.37. The number of halogens is 1. The Hall–Kier alpha value is -1.57. The summed E-state index contributed by atoms with van der Waals surface area (Å²) < 4.78 is 19.2. The summed E-state index contributed by atoms with van der Waals surface area (Å²) in [5, 5.41) is 1.08. The predicted octanol–water partition coefficient (Wildman–Crippen LogP) is 3.77. The van der Waals surface area contributed by atoms with Gasteiger partial charge >= 0.3 is 13.2 Å². The largest absolute Gasteiger partial charge is 0.497 e. The number of carbonyl (C=O) groups is 1. The Balaban J connectivity index is 2.10. The fourth-order valence-electron chi connectivity index (χ4n) is 2.74. The van der Waals surface area contributed by atoms with Gasteiger partial charge in [0.05, 0.1) is 22.9 Å². The maximum Gasteiger partial charge on any atom is 0.497 e. The average Bonchev–Trinajstić information content (AvgIpc) is 2.91. The normalized spacial score (nSPS) is 19.2. The van der Waals surface area contributed by atoms with E-state index < -0.39 is 30.0 Å². The second kappa shape index (κ2) is 5.97. The summed E-state index contributed by atoms with van der Waals surface area (Å²) in [5.74, 6) is 0. The van der Waals surface area contributed by atoms with E-state index in [2.05, 4.69) is 4.98 Å². The molecule has 0 amide bonds. The second-order valence-corrected chi connectivity index (χ2v) is 8.93. The predicted molar refractivity (Wildman–Crippen MR) is 102 cm³/mol. The van der Waals surface area contributed by atoms with E-state index in [4.69, 9.17) is 25.6 Å². The minimum absolute atomic E-state index is 0.331. The number of nitrogens with zero attached hydrogens (tertiary/aromatic N) is 2. The summed E-state index contributed by atoms with van der Waals surface area (Å²) in [6.45, 7) is 13.4. The average molecular weight is 379 g/mol. The van der Waals surface area contributed by atoms with Gasteiger partial charge in [-0.15, -0.1) is 0 Å². The molecule has 6 nitrogen and oxygen atoms in total. The van der Waals surface area contributed by atoms with Crippen LogP contribution in [-0.4, -0.2) is 39.6 Å². The first-order valence-electron chi connectivity index (χ1n) is 8.56. The molecule has 1 aliphatic heterocycles. The van der Waals surface area contributed by atoms with Gasteiger partial charge in [0.25, 0.3) is 0 Å². The van der Waals surface area contributed by atoms with Crippen molar-refractivity contribution in [3.8, 4) is 0 Å². The van der Waals surface area contributed by atoms with Crippen molar-refractivity contribution in [2.24, 2.45) is 0 Å². The Labute approximate surface area is 158 Å². The zero-order valence-corrected chi connectivity index (χ0v) is 17.0. The Morgan fingerprint density at radius 2 is 1.81 bits per heavy atom. The van der Waals surface area contributed by atoms with Crippen LogP contribution < -0.4 is 5.46 Å². The van der Waals surface area contributed by atoms with Crippen molar-refractivity contribution in [1.82, 2.24) is 9.55 Å². The number of fused-ring (bicyclic) bond motifs is 1. The number of pyridine rings is 1. The fraction of sp³-hybridized carbons (Fsp3) is 0.556. The highest BCUT2D eigenvalue weighted by atomic mass is 35.5. The van der Waals surface area contributed by atoms with E-state index in [0.29, 0.717) is 16.1 Å². The number of aromatic nitrogens is 2. The van der Waals surface area contributed by atoms with E-state index in [1.807, 2.05) is 48.5 Å². The van der Waals surface area contributed by atoms with Crippen LogP contribution in [0.15, 0.2) is 18.5 Å². The lowest BCUT2D eigenvalue weighted by molar-refractivity contribution is 0.00578. The van der Waals surface area contributed by atoms with Crippen molar-refractivity contribution in [3.05, 3.63) is 23.6 Å². The zero-order valence-electron chi connectivity index (χ0n) is 16.2. The number of ether oxygens (including phenoxy) is 1. The SMILES string of the molecule is CC(C)(C)OC(=O)n1cc(B2OC(C)(C)C(C)(C)O2)c2cc(Cl)ncc21. The molecule has 8 heteroatoms. The third-order valence-electron chi connectivity index (χ3n) is 4.79. The molecule has 0 atom stereocenters. The number of hydrogen-bond donors (Lipinski definition) is 0. The molecular weight excluding hydrogens is 354 g/mol. The number of hydrogen-bond acceptors (Lipinski definition) is 5. The molecule has 0 bridgehead atoms. The molecule has 1 aliphatic rings. The highest BCUT2D eigenvalue weighted by Gasteiger charge is 2.52. The first kappa shape index (κ1) is 19.2. The van der Waals surface area contributed by atoms with Gasteiger partial charge in [-0.05, 0) is 54.5 Å². The van der Waals surface area contributed by atoms with E-state index in [9.17, 15) is 4.79 Å². The minimum atomic E-state index is -0.621. The van der Waals surface area contributed by atoms with Crippen molar-refractivity contribution < 1.29 is 18.8 Å². The summed E-state index contributed by atoms with van der Waals surface area (Å²) in [6, 6.07) is 1.71. The van der Waals surface area contributed by atoms with Gasteiger partial charge < -0.3 is 14.0 Å². The summed E-state index contributed by atoms with van der Waals surface area (Å²) in [5.41, 5.74) is -0.288. The van der Waals surface area contributed by atoms with E-state index in [1.54, 1.807) is 18.5 Å². The lowest BCUT2D eigenvalue weighted by Crippen LogP contribution is -2.41. The van der Waals surface area contributed by atoms with E-state index >= 15 is 0 Å². The molecule has 1 fully saturated rings. The molecule has 3 heterocycles. The maximum atomic E-state index is 12.6. The van der Waals surface area contributed by atoms with Gasteiger partial charge in [-0.25, -0.2) is 9.78 Å². The van der Waals surface area contributed by atoms with Gasteiger partial charge in [-0.3, -0.25) is 4.57 Å². The van der Waals surface area contributed by atoms with Crippen molar-refractivity contribution in [3.63, 3.8) is 0 Å². The van der Waals surface area contributed by atoms with Gasteiger partial charge in [0.1, 0.15) is 10.8 Å². The van der Waals surface area contributed by atoms with Gasteiger partial charge in [0.15, 0.2) is 0 Å². The van der Waals surface area contributed by atoms with Crippen LogP contribution >= 0.6 is 11.6 Å². The van der Waals surface area contributed by atoms with Crippen LogP contribution in [0, 0.1) is 0 Å². The van der Waals surface area contributed by atoms with E-state index in [1.165, 1.54) is 4.57 Å². The summed E-state index contributed by atoms with van der Waals surface area (Å²) >= 11 is 6.09. The van der Waals surface area contributed by atoms with Gasteiger partial charge in [0.2, 0.25) is 0 Å². The summed E-state index contributed by atoms with van der Waals surface area (Å²) in [6.07, 6.45) is 2.74. The third-order valence-corrected chi connectivity index (χ3v) is 4.99. The molecule has 0 saturated carbocycles. The Bertz CT molecular complexity index is 854. The maximum absolute atomic E-state index is 12.6. The number of rotatable bonds is 1. The van der Waals surface area contributed by atoms with Crippen LogP contribution in [0.2, 0.25) is 5.15 Å². The monoisotopic (exact) mass is 378 g/mol. The molecule has 0 aliphatic carbocycles. The van der Waals surface area contributed by atoms with Crippen LogP contribution in [-0.2, 0) is 14.0 Å². The molecule has 0 radical (unpaired) electrons. The van der Waals surface area contributed by atoms with Crippen LogP contribution in [0.25, 0.3) is 10.9 Å². The van der Waals surface area contributed by atoms with Crippen molar-refractivity contribution in [1.29, 1.82) is 0 Å². The minimum Gasteiger partial charge on any atom is -0.443 e. The molecule has 2 aromatic heterocycles. The van der Waals surface area contributed by atoms with Crippen LogP contribution in [0.5, 0.6) is 0 Å². The van der Waals surface area contributed by atoms with Crippen molar-refractivity contribution in [2.75, 3.05) is 0 Å². The summed E-state index contributed by atoms with van der Waals surface area (Å²) in [7, 11) is -0.621. The third kappa shape index (κ3) is 3.35. The molecule has 0 N–H and O–H groups in total. The molecule has 1 saturated heterocycles. The molecule has 0 aromatic carbocycles.